The zero-order chi connectivity index (χ0) is 41.4. The number of fused-ring (bicyclic) bond motifs is 5. The number of nitriles is 1. The molecule has 4 rings (SSSR count). The molecule has 3 aromatic rings. The maximum absolute atomic E-state index is 14.2. The predicted molar refractivity (Wildman–Crippen MR) is 209 cm³/mol. The number of nitrogens with two attached hydrogens (primary N) is 2. The molecule has 0 fully saturated rings. The molecule has 1 aliphatic heterocycles. The van der Waals surface area contributed by atoms with E-state index in [2.05, 4.69) is 21.3 Å². The fourth-order valence-electron chi connectivity index (χ4n) is 5.92. The lowest BCUT2D eigenvalue weighted by atomic mass is 9.93. The summed E-state index contributed by atoms with van der Waals surface area (Å²) in [4.78, 5) is 68.7. The van der Waals surface area contributed by atoms with Crippen molar-refractivity contribution in [2.45, 2.75) is 52.2 Å². The molecule has 2 unspecified atom stereocenters. The predicted octanol–water partition coefficient (Wildman–Crippen LogP) is 0.759. The van der Waals surface area contributed by atoms with Crippen LogP contribution in [0.3, 0.4) is 0 Å². The number of benzene rings is 3. The van der Waals surface area contributed by atoms with Gasteiger partial charge in [0.2, 0.25) is 23.6 Å². The van der Waals surface area contributed by atoms with Gasteiger partial charge in [-0.3, -0.25) is 24.0 Å². The molecule has 16 nitrogen and oxygen atoms in total. The molecule has 0 aromatic heterocycles. The van der Waals surface area contributed by atoms with Gasteiger partial charge >= 0.3 is 0 Å². The van der Waals surface area contributed by atoms with Crippen molar-refractivity contribution in [3.63, 3.8) is 0 Å². The Bertz CT molecular complexity index is 1910. The van der Waals surface area contributed by atoms with Crippen molar-refractivity contribution in [1.29, 1.82) is 5.26 Å². The molecule has 5 amide bonds. The molecule has 56 heavy (non-hydrogen) atoms. The van der Waals surface area contributed by atoms with Crippen molar-refractivity contribution in [1.82, 2.24) is 26.2 Å². The number of likely N-dealkylation sites (N-methyl/N-ethyl adjacent to an activating group) is 1. The maximum Gasteiger partial charge on any atom is 0.251 e. The van der Waals surface area contributed by atoms with E-state index in [1.807, 2.05) is 19.1 Å². The van der Waals surface area contributed by atoms with Gasteiger partial charge in [0.15, 0.2) is 0 Å². The topological polar surface area (TPSA) is 251 Å². The monoisotopic (exact) mass is 772 g/mol. The molecule has 0 aliphatic carbocycles. The second-order valence-electron chi connectivity index (χ2n) is 13.0. The largest absolute Gasteiger partial charge is 0.492 e. The van der Waals surface area contributed by atoms with Crippen LogP contribution in [0.5, 0.6) is 11.5 Å². The molecule has 16 heteroatoms. The van der Waals surface area contributed by atoms with Crippen LogP contribution in [-0.4, -0.2) is 105 Å². The Balaban J connectivity index is 0.00000271. The number of aliphatic hydroxyl groups excluding tert-OH is 1. The van der Waals surface area contributed by atoms with Crippen LogP contribution in [0.1, 0.15) is 52.5 Å². The van der Waals surface area contributed by atoms with Crippen LogP contribution < -0.4 is 42.2 Å². The summed E-state index contributed by atoms with van der Waals surface area (Å²) >= 11 is 0. The van der Waals surface area contributed by atoms with Crippen LogP contribution in [0.15, 0.2) is 54.6 Å². The number of amides is 5. The van der Waals surface area contributed by atoms with Gasteiger partial charge in [0.05, 0.1) is 12.6 Å². The van der Waals surface area contributed by atoms with Crippen LogP contribution in [0.2, 0.25) is 0 Å². The second kappa shape index (κ2) is 21.8. The molecule has 0 spiro atoms. The minimum Gasteiger partial charge on any atom is -0.492 e. The van der Waals surface area contributed by atoms with Gasteiger partial charge in [-0.05, 0) is 74.7 Å². The third-order valence-corrected chi connectivity index (χ3v) is 8.63. The van der Waals surface area contributed by atoms with Gasteiger partial charge in [-0.25, -0.2) is 0 Å². The van der Waals surface area contributed by atoms with Crippen LogP contribution in [0, 0.1) is 25.2 Å². The van der Waals surface area contributed by atoms with Gasteiger partial charge in [0, 0.05) is 49.9 Å². The Kier molecular flexibility index (Phi) is 17.2. The first-order chi connectivity index (χ1) is 26.8. The first-order valence-corrected chi connectivity index (χ1v) is 18.2. The average molecular weight is 773 g/mol. The zero-order valence-corrected chi connectivity index (χ0v) is 32.4. The average Bonchev–Trinajstić information content (AvgIpc) is 3.17. The fraction of sp³-hybridized carbons (Fsp3) is 0.400. The molecule has 300 valence electrons. The summed E-state index contributed by atoms with van der Waals surface area (Å²) in [5.74, 6) is -2.20. The lowest BCUT2D eigenvalue weighted by molar-refractivity contribution is -0.139. The minimum absolute atomic E-state index is 0.0280. The number of hydrogen-bond donors (Lipinski definition) is 7. The van der Waals surface area contributed by atoms with Gasteiger partial charge in [0.1, 0.15) is 49.4 Å². The van der Waals surface area contributed by atoms with Crippen LogP contribution in [0.25, 0.3) is 11.1 Å². The van der Waals surface area contributed by atoms with E-state index >= 15 is 0 Å². The fourth-order valence-corrected chi connectivity index (χ4v) is 5.92. The van der Waals surface area contributed by atoms with Gasteiger partial charge in [-0.2, -0.15) is 5.26 Å². The van der Waals surface area contributed by atoms with Crippen molar-refractivity contribution in [2.24, 2.45) is 11.5 Å². The van der Waals surface area contributed by atoms with E-state index in [-0.39, 0.29) is 45.9 Å². The van der Waals surface area contributed by atoms with Crippen molar-refractivity contribution in [3.05, 3.63) is 82.4 Å². The van der Waals surface area contributed by atoms with E-state index in [4.69, 9.17) is 31.3 Å². The number of nitrogens with one attached hydrogen (secondary N) is 4. The first-order valence-electron chi connectivity index (χ1n) is 18.2. The lowest BCUT2D eigenvalue weighted by Gasteiger charge is -2.30. The third kappa shape index (κ3) is 12.0. The summed E-state index contributed by atoms with van der Waals surface area (Å²) in [5, 5.41) is 27.1. The Morgan fingerprint density at radius 2 is 1.55 bits per heavy atom. The quantitative estimate of drug-likeness (QED) is 0.127. The Morgan fingerprint density at radius 3 is 2.16 bits per heavy atom. The molecule has 3 aromatic carbocycles. The molecule has 1 heterocycles. The van der Waals surface area contributed by atoms with Crippen molar-refractivity contribution in [2.75, 3.05) is 53.0 Å². The summed E-state index contributed by atoms with van der Waals surface area (Å²) in [6.45, 7) is 7.16. The highest BCUT2D eigenvalue weighted by Crippen LogP contribution is 2.40. The van der Waals surface area contributed by atoms with E-state index in [1.54, 1.807) is 62.4 Å². The maximum atomic E-state index is 14.2. The summed E-state index contributed by atoms with van der Waals surface area (Å²) in [7, 11) is 1.42. The van der Waals surface area contributed by atoms with Crippen molar-refractivity contribution < 1.29 is 38.6 Å². The van der Waals surface area contributed by atoms with E-state index < -0.39 is 54.2 Å². The number of ether oxygens (including phenoxy) is 2. The normalized spacial score (nSPS) is 16.3. The Labute approximate surface area is 326 Å². The molecule has 9 N–H and O–H groups in total. The van der Waals surface area contributed by atoms with E-state index in [0.29, 0.717) is 39.3 Å². The number of carbonyl (C=O) groups excluding carboxylic acids is 5. The molecule has 0 saturated heterocycles. The molecular weight excluding hydrogens is 720 g/mol. The van der Waals surface area contributed by atoms with Crippen LogP contribution >= 0.6 is 0 Å². The Morgan fingerprint density at radius 1 is 0.929 bits per heavy atom. The standard InChI is InChI=1S/C38H46N8O7.C2H6O/c1-22-5-8-27(23(2)17-22)36(49)43-21-33(47)46(4)34-26-7-10-32(53-16-13-41)29(20-26)28-18-25(6-9-31(28)52-15-12-40)19-30(37(50)42-14-11-39)45-35(48)24(3)44-38(34)51;1-2-3/h5-10,17-18,20,24,30,34H,12-16,19,21,40-41H2,1-4H3,(H,42,50)(H,43,49)(H,44,51)(H,45,48);3H,2H2,1H3/t24-,30?,34?;/m0./s1. The number of nitrogens with zero attached hydrogens (tertiary/aromatic N) is 2. The lowest BCUT2D eigenvalue weighted by Crippen LogP contribution is -2.55. The van der Waals surface area contributed by atoms with Crippen LogP contribution in [0.4, 0.5) is 0 Å². The molecule has 3 atom stereocenters. The summed E-state index contributed by atoms with van der Waals surface area (Å²) in [6.07, 6.45) is 0.0280. The van der Waals surface area contributed by atoms with Crippen LogP contribution in [-0.2, 0) is 25.6 Å². The van der Waals surface area contributed by atoms with Gasteiger partial charge in [-0.15, -0.1) is 0 Å². The molecule has 1 aliphatic rings. The van der Waals surface area contributed by atoms with E-state index in [9.17, 15) is 24.0 Å². The highest BCUT2D eigenvalue weighted by Gasteiger charge is 2.33. The number of hydrogen-bond acceptors (Lipinski definition) is 11. The molecule has 4 bridgehead atoms. The van der Waals surface area contributed by atoms with Crippen molar-refractivity contribution >= 4 is 29.5 Å². The highest BCUT2D eigenvalue weighted by molar-refractivity contribution is 5.99. The molecule has 0 radical (unpaired) electrons. The smallest absolute Gasteiger partial charge is 0.251 e. The number of carbonyl (C=O) groups is 5. The SMILES string of the molecule is CCO.Cc1ccc(C(=O)NCC(=O)N(C)C2C(=O)N[C@@H](C)C(=O)NC(C(=O)NCC#N)Cc3ccc(OCCN)c(c3)-c3cc2ccc3OCCN)c(C)c1. The molecule has 0 saturated carbocycles. The summed E-state index contributed by atoms with van der Waals surface area (Å²) in [5.41, 5.74) is 15.7. The van der Waals surface area contributed by atoms with Gasteiger partial charge in [0.25, 0.3) is 5.91 Å². The minimum atomic E-state index is -1.30. The Hall–Kier alpha value is -6.02. The number of aryl methyl sites for hydroxylation is 2. The summed E-state index contributed by atoms with van der Waals surface area (Å²) in [6, 6.07) is 13.8. The highest BCUT2D eigenvalue weighted by atomic mass is 16.5. The summed E-state index contributed by atoms with van der Waals surface area (Å²) < 4.78 is 12.1. The third-order valence-electron chi connectivity index (χ3n) is 8.63. The number of aliphatic hydroxyl groups is 1. The van der Waals surface area contributed by atoms with Crippen molar-refractivity contribution in [3.8, 4) is 28.7 Å². The van der Waals surface area contributed by atoms with E-state index in [0.717, 1.165) is 11.1 Å². The first kappa shape index (κ1) is 44.4. The van der Waals surface area contributed by atoms with Gasteiger partial charge in [-0.1, -0.05) is 29.8 Å². The van der Waals surface area contributed by atoms with Gasteiger partial charge < -0.3 is 52.2 Å². The zero-order valence-electron chi connectivity index (χ0n) is 32.4. The molecular formula is C40H52N8O8. The number of rotatable bonds is 12. The second-order valence-corrected chi connectivity index (χ2v) is 13.0. The van der Waals surface area contributed by atoms with E-state index in [1.165, 1.54) is 18.9 Å².